The lowest BCUT2D eigenvalue weighted by Crippen LogP contribution is -2.33. The number of aryl methyl sites for hydroxylation is 1. The molecule has 5 nitrogen and oxygen atoms in total. The van der Waals surface area contributed by atoms with Crippen molar-refractivity contribution >= 4 is 34.5 Å². The van der Waals surface area contributed by atoms with E-state index in [1.807, 2.05) is 79.8 Å². The Balaban J connectivity index is 1.72. The molecule has 30 heavy (non-hydrogen) atoms. The quantitative estimate of drug-likeness (QED) is 0.540. The maximum Gasteiger partial charge on any atom is 0.244 e. The highest BCUT2D eigenvalue weighted by Gasteiger charge is 2.17. The van der Waals surface area contributed by atoms with Crippen molar-refractivity contribution in [2.45, 2.75) is 19.0 Å². The summed E-state index contributed by atoms with van der Waals surface area (Å²) in [4.78, 5) is 14.5. The van der Waals surface area contributed by atoms with E-state index in [1.165, 1.54) is 0 Å². The van der Waals surface area contributed by atoms with Crippen LogP contribution >= 0.6 is 11.6 Å². The Kier molecular flexibility index (Phi) is 7.29. The maximum atomic E-state index is 12.5. The number of carbonyl (C=O) groups excluding carboxylic acids is 1. The monoisotopic (exact) mass is 420 g/mol. The molecule has 0 aliphatic rings. The first-order chi connectivity index (χ1) is 14.5. The van der Waals surface area contributed by atoms with E-state index in [-0.39, 0.29) is 11.9 Å². The van der Waals surface area contributed by atoms with E-state index in [0.29, 0.717) is 24.5 Å². The molecule has 0 spiro atoms. The van der Waals surface area contributed by atoms with Crippen LogP contribution in [-0.4, -0.2) is 36.0 Å². The van der Waals surface area contributed by atoms with Crippen molar-refractivity contribution < 1.29 is 4.79 Å². The molecule has 1 aromatic heterocycles. The second-order valence-electron chi connectivity index (χ2n) is 7.28. The van der Waals surface area contributed by atoms with Crippen molar-refractivity contribution in [3.63, 3.8) is 0 Å². The van der Waals surface area contributed by atoms with E-state index in [1.54, 1.807) is 6.08 Å². The minimum Gasteiger partial charge on any atom is -0.351 e. The molecule has 2 aromatic carbocycles. The van der Waals surface area contributed by atoms with Gasteiger partial charge in [-0.15, -0.1) is 0 Å². The van der Waals surface area contributed by atoms with Crippen molar-refractivity contribution in [2.75, 3.05) is 20.6 Å². The summed E-state index contributed by atoms with van der Waals surface area (Å²) >= 11 is 6.34. The Morgan fingerprint density at radius 2 is 1.97 bits per heavy atom. The third kappa shape index (κ3) is 5.10. The first-order valence-electron chi connectivity index (χ1n) is 9.83. The van der Waals surface area contributed by atoms with Gasteiger partial charge in [0.15, 0.2) is 0 Å². The van der Waals surface area contributed by atoms with Crippen LogP contribution in [0, 0.1) is 11.3 Å². The molecule has 1 amide bonds. The minimum atomic E-state index is -0.164. The molecule has 0 aliphatic heterocycles. The van der Waals surface area contributed by atoms with Gasteiger partial charge in [0.25, 0.3) is 0 Å². The first-order valence-corrected chi connectivity index (χ1v) is 10.2. The fourth-order valence-corrected chi connectivity index (χ4v) is 3.76. The third-order valence-electron chi connectivity index (χ3n) is 5.06. The lowest BCUT2D eigenvalue weighted by Gasteiger charge is -2.25. The first kappa shape index (κ1) is 21.6. The Labute approximate surface area is 182 Å². The lowest BCUT2D eigenvalue weighted by atomic mass is 10.1. The number of para-hydroxylation sites is 1. The maximum absolute atomic E-state index is 12.5. The molecule has 0 bridgehead atoms. The smallest absolute Gasteiger partial charge is 0.244 e. The van der Waals surface area contributed by atoms with Crippen molar-refractivity contribution in [1.82, 2.24) is 14.8 Å². The SMILES string of the molecule is CN(C)[C@H](CNC(=O)/C=C/c1cn(CCC#N)c2ccccc12)c1ccccc1Cl. The Bertz CT molecular complexity index is 1090. The number of rotatable bonds is 8. The van der Waals surface area contributed by atoms with Gasteiger partial charge >= 0.3 is 0 Å². The second-order valence-corrected chi connectivity index (χ2v) is 7.69. The van der Waals surface area contributed by atoms with Crippen LogP contribution in [0.2, 0.25) is 5.02 Å². The number of nitrogens with one attached hydrogen (secondary N) is 1. The van der Waals surface area contributed by atoms with Gasteiger partial charge in [-0.3, -0.25) is 4.79 Å². The van der Waals surface area contributed by atoms with Gasteiger partial charge in [-0.2, -0.15) is 5.26 Å². The van der Waals surface area contributed by atoms with Crippen LogP contribution in [0.4, 0.5) is 0 Å². The molecule has 0 saturated carbocycles. The number of hydrogen-bond acceptors (Lipinski definition) is 3. The van der Waals surface area contributed by atoms with E-state index < -0.39 is 0 Å². The van der Waals surface area contributed by atoms with Gasteiger partial charge in [0.05, 0.1) is 18.5 Å². The highest BCUT2D eigenvalue weighted by Crippen LogP contribution is 2.25. The average Bonchev–Trinajstić information content (AvgIpc) is 3.09. The van der Waals surface area contributed by atoms with Gasteiger partial charge in [-0.25, -0.2) is 0 Å². The largest absolute Gasteiger partial charge is 0.351 e. The summed E-state index contributed by atoms with van der Waals surface area (Å²) in [6.45, 7) is 1.07. The zero-order valence-electron chi connectivity index (χ0n) is 17.2. The number of fused-ring (bicyclic) bond motifs is 1. The summed E-state index contributed by atoms with van der Waals surface area (Å²) in [6.07, 6.45) is 5.80. The van der Waals surface area contributed by atoms with Crippen molar-refractivity contribution in [3.8, 4) is 6.07 Å². The van der Waals surface area contributed by atoms with E-state index in [2.05, 4.69) is 16.0 Å². The zero-order chi connectivity index (χ0) is 21.5. The Morgan fingerprint density at radius 1 is 1.23 bits per heavy atom. The van der Waals surface area contributed by atoms with Gasteiger partial charge in [-0.05, 0) is 37.9 Å². The number of benzene rings is 2. The summed E-state index contributed by atoms with van der Waals surface area (Å²) in [5.74, 6) is -0.164. The third-order valence-corrected chi connectivity index (χ3v) is 5.40. The number of hydrogen-bond donors (Lipinski definition) is 1. The van der Waals surface area contributed by atoms with Crippen LogP contribution in [-0.2, 0) is 11.3 Å². The molecule has 0 aliphatic carbocycles. The molecule has 3 aromatic rings. The van der Waals surface area contributed by atoms with Crippen LogP contribution in [0.15, 0.2) is 60.8 Å². The molecule has 154 valence electrons. The van der Waals surface area contributed by atoms with Crippen molar-refractivity contribution in [2.24, 2.45) is 0 Å². The van der Waals surface area contributed by atoms with Crippen molar-refractivity contribution in [3.05, 3.63) is 77.0 Å². The van der Waals surface area contributed by atoms with Gasteiger partial charge in [-0.1, -0.05) is 48.0 Å². The second kappa shape index (κ2) is 10.1. The molecule has 0 fully saturated rings. The number of carbonyl (C=O) groups is 1. The molecule has 0 radical (unpaired) electrons. The summed E-state index contributed by atoms with van der Waals surface area (Å²) in [7, 11) is 3.93. The van der Waals surface area contributed by atoms with E-state index in [4.69, 9.17) is 16.9 Å². The summed E-state index contributed by atoms with van der Waals surface area (Å²) in [5.41, 5.74) is 2.99. The molecule has 1 N–H and O–H groups in total. The van der Waals surface area contributed by atoms with Gasteiger partial charge < -0.3 is 14.8 Å². The Hall–Kier alpha value is -3.07. The number of nitrogens with zero attached hydrogens (tertiary/aromatic N) is 3. The Morgan fingerprint density at radius 3 is 2.70 bits per heavy atom. The van der Waals surface area contributed by atoms with Crippen LogP contribution in [0.3, 0.4) is 0 Å². The van der Waals surface area contributed by atoms with Crippen molar-refractivity contribution in [1.29, 1.82) is 5.26 Å². The number of halogens is 1. The molecular weight excluding hydrogens is 396 g/mol. The average molecular weight is 421 g/mol. The molecule has 6 heteroatoms. The van der Waals surface area contributed by atoms with Gasteiger partial charge in [0, 0.05) is 46.9 Å². The summed E-state index contributed by atoms with van der Waals surface area (Å²) < 4.78 is 2.05. The van der Waals surface area contributed by atoms with Crippen LogP contribution in [0.25, 0.3) is 17.0 Å². The molecular formula is C24H25ClN4O. The standard InChI is InChI=1S/C24H25ClN4O/c1-28(2)23(20-9-3-5-10-21(20)25)16-27-24(30)13-12-18-17-29(15-7-14-26)22-11-6-4-8-19(18)22/h3-6,8-13,17,23H,7,15-16H2,1-2H3,(H,27,30)/b13-12+/t23-/m1/s1. The predicted octanol–water partition coefficient (Wildman–Crippen LogP) is 4.64. The molecule has 1 heterocycles. The highest BCUT2D eigenvalue weighted by molar-refractivity contribution is 6.31. The topological polar surface area (TPSA) is 61.1 Å². The van der Waals surface area contributed by atoms with E-state index in [0.717, 1.165) is 22.0 Å². The minimum absolute atomic E-state index is 0.0241. The van der Waals surface area contributed by atoms with E-state index in [9.17, 15) is 4.79 Å². The molecule has 0 saturated heterocycles. The van der Waals surface area contributed by atoms with Crippen LogP contribution in [0.1, 0.15) is 23.6 Å². The highest BCUT2D eigenvalue weighted by atomic mass is 35.5. The molecule has 3 rings (SSSR count). The van der Waals surface area contributed by atoms with Gasteiger partial charge in [0.1, 0.15) is 0 Å². The number of amides is 1. The lowest BCUT2D eigenvalue weighted by molar-refractivity contribution is -0.116. The normalized spacial score (nSPS) is 12.4. The molecule has 1 atom stereocenters. The predicted molar refractivity (Wildman–Crippen MR) is 122 cm³/mol. The fraction of sp³-hybridized carbons (Fsp3) is 0.250. The fourth-order valence-electron chi connectivity index (χ4n) is 3.50. The van der Waals surface area contributed by atoms with Crippen LogP contribution in [0.5, 0.6) is 0 Å². The van der Waals surface area contributed by atoms with E-state index >= 15 is 0 Å². The van der Waals surface area contributed by atoms with Crippen LogP contribution < -0.4 is 5.32 Å². The zero-order valence-corrected chi connectivity index (χ0v) is 17.9. The summed E-state index contributed by atoms with van der Waals surface area (Å²) in [5, 5.41) is 13.6. The molecule has 0 unspecified atom stereocenters. The number of nitriles is 1. The number of aromatic nitrogens is 1. The summed E-state index contributed by atoms with van der Waals surface area (Å²) in [6, 6.07) is 17.8. The number of likely N-dealkylation sites (N-methyl/N-ethyl adjacent to an activating group) is 1. The van der Waals surface area contributed by atoms with Gasteiger partial charge in [0.2, 0.25) is 5.91 Å².